The third-order valence-corrected chi connectivity index (χ3v) is 7.10. The molecule has 8 nitrogen and oxygen atoms in total. The van der Waals surface area contributed by atoms with Crippen LogP contribution in [0.4, 0.5) is 4.39 Å². The van der Waals surface area contributed by atoms with Crippen molar-refractivity contribution in [1.82, 2.24) is 19.1 Å². The molecular formula is C20H23FN4O4S. The molecule has 1 aliphatic heterocycles. The van der Waals surface area contributed by atoms with E-state index in [0.717, 1.165) is 17.7 Å². The lowest BCUT2D eigenvalue weighted by Gasteiger charge is -2.27. The van der Waals surface area contributed by atoms with Crippen molar-refractivity contribution in [2.24, 2.45) is 0 Å². The second kappa shape index (κ2) is 8.29. The van der Waals surface area contributed by atoms with Crippen LogP contribution in [-0.4, -0.2) is 47.7 Å². The summed E-state index contributed by atoms with van der Waals surface area (Å²) in [4.78, 5) is 4.28. The highest BCUT2D eigenvalue weighted by molar-refractivity contribution is 7.89. The summed E-state index contributed by atoms with van der Waals surface area (Å²) in [6.45, 7) is 3.31. The van der Waals surface area contributed by atoms with Crippen LogP contribution in [0.25, 0.3) is 11.4 Å². The van der Waals surface area contributed by atoms with Crippen molar-refractivity contribution in [2.45, 2.75) is 37.8 Å². The summed E-state index contributed by atoms with van der Waals surface area (Å²) in [6.07, 6.45) is 4.13. The SMILES string of the molecule is COCCCn1nc(-c2cocn2)c2c1CCN(S(=O)(=O)c1ccc(F)c(C)c1)C2. The number of aromatic nitrogens is 3. The van der Waals surface area contributed by atoms with Gasteiger partial charge in [-0.2, -0.15) is 9.40 Å². The number of methoxy groups -OCH3 is 1. The number of hydrogen-bond acceptors (Lipinski definition) is 6. The number of fused-ring (bicyclic) bond motifs is 1. The summed E-state index contributed by atoms with van der Waals surface area (Å²) in [5, 5.41) is 4.69. The predicted octanol–water partition coefficient (Wildman–Crippen LogP) is 2.77. The normalized spacial score (nSPS) is 14.8. The number of sulfonamides is 1. The van der Waals surface area contributed by atoms with Crippen LogP contribution in [0.15, 0.2) is 40.2 Å². The van der Waals surface area contributed by atoms with E-state index in [1.54, 1.807) is 14.0 Å². The molecule has 2 aromatic heterocycles. The molecule has 0 amide bonds. The van der Waals surface area contributed by atoms with Crippen LogP contribution in [0, 0.1) is 12.7 Å². The van der Waals surface area contributed by atoms with Gasteiger partial charge in [0.05, 0.1) is 4.90 Å². The molecule has 0 unspecified atom stereocenters. The van der Waals surface area contributed by atoms with E-state index < -0.39 is 15.8 Å². The third-order valence-electron chi connectivity index (χ3n) is 5.26. The number of ether oxygens (including phenoxy) is 1. The average Bonchev–Trinajstić information content (AvgIpc) is 3.38. The summed E-state index contributed by atoms with van der Waals surface area (Å²) in [7, 11) is -2.12. The van der Waals surface area contributed by atoms with Crippen LogP contribution in [-0.2, 0) is 34.3 Å². The van der Waals surface area contributed by atoms with Crippen molar-refractivity contribution < 1.29 is 22.0 Å². The molecular weight excluding hydrogens is 411 g/mol. The first-order valence-electron chi connectivity index (χ1n) is 9.64. The van der Waals surface area contributed by atoms with Crippen molar-refractivity contribution >= 4 is 10.0 Å². The molecule has 3 heterocycles. The predicted molar refractivity (Wildman–Crippen MR) is 107 cm³/mol. The van der Waals surface area contributed by atoms with Crippen molar-refractivity contribution in [3.05, 3.63) is 53.5 Å². The zero-order chi connectivity index (χ0) is 21.3. The van der Waals surface area contributed by atoms with E-state index in [9.17, 15) is 12.8 Å². The standard InChI is InChI=1S/C20H23FN4O4S/c1-14-10-15(4-5-17(14)21)30(26,27)24-8-6-19-16(11-24)20(18-12-29-13-22-18)23-25(19)7-3-9-28-2/h4-5,10,12-13H,3,6-9,11H2,1-2H3. The number of oxazole rings is 1. The smallest absolute Gasteiger partial charge is 0.243 e. The Morgan fingerprint density at radius 2 is 2.17 bits per heavy atom. The summed E-state index contributed by atoms with van der Waals surface area (Å²) < 4.78 is 53.6. The largest absolute Gasteiger partial charge is 0.451 e. The van der Waals surface area contributed by atoms with Crippen LogP contribution in [0.2, 0.25) is 0 Å². The van der Waals surface area contributed by atoms with Crippen LogP contribution in [0.1, 0.15) is 23.2 Å². The van der Waals surface area contributed by atoms with Gasteiger partial charge in [0, 0.05) is 51.0 Å². The molecule has 30 heavy (non-hydrogen) atoms. The van der Waals surface area contributed by atoms with Gasteiger partial charge in [-0.3, -0.25) is 4.68 Å². The average molecular weight is 434 g/mol. The highest BCUT2D eigenvalue weighted by Crippen LogP contribution is 2.32. The van der Waals surface area contributed by atoms with Gasteiger partial charge in [-0.15, -0.1) is 0 Å². The molecule has 10 heteroatoms. The Morgan fingerprint density at radius 3 is 2.87 bits per heavy atom. The minimum atomic E-state index is -3.78. The quantitative estimate of drug-likeness (QED) is 0.531. The topological polar surface area (TPSA) is 90.5 Å². The Labute approximate surface area is 174 Å². The van der Waals surface area contributed by atoms with Gasteiger partial charge in [0.15, 0.2) is 6.39 Å². The van der Waals surface area contributed by atoms with Gasteiger partial charge in [-0.05, 0) is 37.1 Å². The second-order valence-corrected chi connectivity index (χ2v) is 9.15. The van der Waals surface area contributed by atoms with Gasteiger partial charge in [-0.1, -0.05) is 0 Å². The molecule has 0 aliphatic carbocycles. The van der Waals surface area contributed by atoms with E-state index in [1.807, 2.05) is 4.68 Å². The van der Waals surface area contributed by atoms with Crippen LogP contribution >= 0.6 is 0 Å². The zero-order valence-corrected chi connectivity index (χ0v) is 17.7. The molecule has 4 rings (SSSR count). The summed E-state index contributed by atoms with van der Waals surface area (Å²) >= 11 is 0. The lowest BCUT2D eigenvalue weighted by atomic mass is 10.1. The van der Waals surface area contributed by atoms with E-state index in [4.69, 9.17) is 9.15 Å². The molecule has 0 spiro atoms. The van der Waals surface area contributed by atoms with Crippen molar-refractivity contribution in [3.8, 4) is 11.4 Å². The fourth-order valence-corrected chi connectivity index (χ4v) is 5.17. The number of halogens is 1. The number of benzene rings is 1. The summed E-state index contributed by atoms with van der Waals surface area (Å²) in [6, 6.07) is 3.86. The lowest BCUT2D eigenvalue weighted by molar-refractivity contribution is 0.188. The van der Waals surface area contributed by atoms with Gasteiger partial charge in [-0.25, -0.2) is 17.8 Å². The maximum atomic E-state index is 13.6. The van der Waals surface area contributed by atoms with Gasteiger partial charge in [0.1, 0.15) is 23.5 Å². The molecule has 0 saturated carbocycles. The minimum absolute atomic E-state index is 0.0836. The monoisotopic (exact) mass is 434 g/mol. The van der Waals surface area contributed by atoms with E-state index >= 15 is 0 Å². The zero-order valence-electron chi connectivity index (χ0n) is 16.8. The van der Waals surface area contributed by atoms with Crippen molar-refractivity contribution in [1.29, 1.82) is 0 Å². The Balaban J connectivity index is 1.69. The number of nitrogens with zero attached hydrogens (tertiary/aromatic N) is 4. The fourth-order valence-electron chi connectivity index (χ4n) is 3.68. The van der Waals surface area contributed by atoms with Crippen LogP contribution in [0.5, 0.6) is 0 Å². The summed E-state index contributed by atoms with van der Waals surface area (Å²) in [5.41, 5.74) is 3.28. The maximum Gasteiger partial charge on any atom is 0.243 e. The molecule has 1 aromatic carbocycles. The van der Waals surface area contributed by atoms with Crippen LogP contribution in [0.3, 0.4) is 0 Å². The number of hydrogen-bond donors (Lipinski definition) is 0. The fraction of sp³-hybridized carbons (Fsp3) is 0.400. The lowest BCUT2D eigenvalue weighted by Crippen LogP contribution is -2.36. The minimum Gasteiger partial charge on any atom is -0.451 e. The summed E-state index contributed by atoms with van der Waals surface area (Å²) in [5.74, 6) is -0.430. The molecule has 3 aromatic rings. The molecule has 0 radical (unpaired) electrons. The molecule has 0 N–H and O–H groups in total. The molecule has 160 valence electrons. The van der Waals surface area contributed by atoms with Crippen molar-refractivity contribution in [2.75, 3.05) is 20.3 Å². The first-order chi connectivity index (χ1) is 14.4. The van der Waals surface area contributed by atoms with Gasteiger partial charge >= 0.3 is 0 Å². The molecule has 0 atom stereocenters. The first kappa shape index (κ1) is 20.7. The number of rotatable bonds is 7. The Hall–Kier alpha value is -2.56. The van der Waals surface area contributed by atoms with Gasteiger partial charge in [0.25, 0.3) is 0 Å². The van der Waals surface area contributed by atoms with E-state index in [1.165, 1.54) is 35.2 Å². The second-order valence-electron chi connectivity index (χ2n) is 7.22. The van der Waals surface area contributed by atoms with Gasteiger partial charge in [0.2, 0.25) is 10.0 Å². The molecule has 0 saturated heterocycles. The molecule has 0 fully saturated rings. The maximum absolute atomic E-state index is 13.6. The molecule has 1 aliphatic rings. The number of aryl methyl sites for hydroxylation is 2. The van der Waals surface area contributed by atoms with E-state index in [2.05, 4.69) is 10.1 Å². The highest BCUT2D eigenvalue weighted by atomic mass is 32.2. The highest BCUT2D eigenvalue weighted by Gasteiger charge is 2.33. The van der Waals surface area contributed by atoms with E-state index in [-0.39, 0.29) is 11.4 Å². The third kappa shape index (κ3) is 3.78. The first-order valence-corrected chi connectivity index (χ1v) is 11.1. The van der Waals surface area contributed by atoms with E-state index in [0.29, 0.717) is 43.1 Å². The van der Waals surface area contributed by atoms with Gasteiger partial charge < -0.3 is 9.15 Å². The Kier molecular flexibility index (Phi) is 5.72. The Bertz CT molecular complexity index is 1140. The van der Waals surface area contributed by atoms with Crippen molar-refractivity contribution in [3.63, 3.8) is 0 Å². The Morgan fingerprint density at radius 1 is 1.33 bits per heavy atom. The molecule has 0 bridgehead atoms. The van der Waals surface area contributed by atoms with Crippen LogP contribution < -0.4 is 0 Å².